The standard InChI is InChI=1S/C18H23FN2O3/c19-14-7-3-1-6-13(14)10-20-17(22)11-21-15-8-4-2-5-12(15)9-16(21)18(23)24/h1,3,6-7,12,15-16H,2,4-5,8-11H2,(H,20,22)(H,23,24)/t12-,15-,16-/m0/s1. The minimum atomic E-state index is -0.855. The van der Waals surface area contributed by atoms with Gasteiger partial charge in [0, 0.05) is 18.2 Å². The molecular weight excluding hydrogens is 311 g/mol. The first kappa shape index (κ1) is 16.9. The van der Waals surface area contributed by atoms with Gasteiger partial charge in [-0.05, 0) is 31.2 Å². The van der Waals surface area contributed by atoms with Crippen LogP contribution in [-0.2, 0) is 16.1 Å². The highest BCUT2D eigenvalue weighted by atomic mass is 19.1. The van der Waals surface area contributed by atoms with Gasteiger partial charge in [-0.15, -0.1) is 0 Å². The van der Waals surface area contributed by atoms with E-state index in [9.17, 15) is 19.1 Å². The fourth-order valence-corrected chi connectivity index (χ4v) is 4.08. The molecule has 1 aliphatic heterocycles. The Morgan fingerprint density at radius 1 is 1.25 bits per heavy atom. The average Bonchev–Trinajstić information content (AvgIpc) is 2.93. The van der Waals surface area contributed by atoms with E-state index in [0.29, 0.717) is 17.9 Å². The Labute approximate surface area is 140 Å². The van der Waals surface area contributed by atoms with E-state index in [-0.39, 0.29) is 30.9 Å². The Bertz CT molecular complexity index is 622. The van der Waals surface area contributed by atoms with E-state index in [4.69, 9.17) is 0 Å². The average molecular weight is 334 g/mol. The molecule has 130 valence electrons. The molecule has 1 amide bonds. The first-order chi connectivity index (χ1) is 11.6. The summed E-state index contributed by atoms with van der Waals surface area (Å²) in [6, 6.07) is 5.90. The van der Waals surface area contributed by atoms with Crippen molar-refractivity contribution >= 4 is 11.9 Å². The maximum Gasteiger partial charge on any atom is 0.320 e. The van der Waals surface area contributed by atoms with Gasteiger partial charge in [-0.2, -0.15) is 0 Å². The highest BCUT2D eigenvalue weighted by Crippen LogP contribution is 2.39. The smallest absolute Gasteiger partial charge is 0.320 e. The zero-order chi connectivity index (χ0) is 17.1. The van der Waals surface area contributed by atoms with Crippen molar-refractivity contribution in [1.29, 1.82) is 0 Å². The summed E-state index contributed by atoms with van der Waals surface area (Å²) in [6.45, 7) is 0.178. The van der Waals surface area contributed by atoms with Crippen molar-refractivity contribution in [1.82, 2.24) is 10.2 Å². The maximum absolute atomic E-state index is 13.6. The van der Waals surface area contributed by atoms with E-state index in [1.54, 1.807) is 18.2 Å². The van der Waals surface area contributed by atoms with Crippen LogP contribution in [0.5, 0.6) is 0 Å². The molecule has 1 aromatic carbocycles. The molecule has 1 heterocycles. The SMILES string of the molecule is O=C(CN1[C@H](C(=O)O)C[C@@H]2CCCC[C@@H]21)NCc1ccccc1F. The zero-order valence-electron chi connectivity index (χ0n) is 13.6. The van der Waals surface area contributed by atoms with Gasteiger partial charge in [0.05, 0.1) is 6.54 Å². The van der Waals surface area contributed by atoms with Crippen molar-refractivity contribution < 1.29 is 19.1 Å². The van der Waals surface area contributed by atoms with E-state index in [0.717, 1.165) is 25.7 Å². The maximum atomic E-state index is 13.6. The largest absolute Gasteiger partial charge is 0.480 e. The molecule has 2 fully saturated rings. The third kappa shape index (κ3) is 3.59. The number of rotatable bonds is 5. The molecule has 0 spiro atoms. The number of fused-ring (bicyclic) bond motifs is 1. The number of amides is 1. The number of nitrogens with one attached hydrogen (secondary N) is 1. The molecule has 24 heavy (non-hydrogen) atoms. The van der Waals surface area contributed by atoms with E-state index in [1.807, 2.05) is 4.90 Å². The van der Waals surface area contributed by atoms with Gasteiger partial charge < -0.3 is 10.4 Å². The lowest BCUT2D eigenvalue weighted by atomic mass is 9.85. The summed E-state index contributed by atoms with van der Waals surface area (Å²) in [7, 11) is 0. The number of halogens is 1. The molecule has 2 aliphatic rings. The van der Waals surface area contributed by atoms with Crippen LogP contribution in [0.15, 0.2) is 24.3 Å². The van der Waals surface area contributed by atoms with Crippen molar-refractivity contribution in [3.63, 3.8) is 0 Å². The molecule has 1 aromatic rings. The van der Waals surface area contributed by atoms with Crippen LogP contribution in [-0.4, -0.2) is 40.5 Å². The molecule has 0 aromatic heterocycles. The Hall–Kier alpha value is -1.95. The van der Waals surface area contributed by atoms with E-state index >= 15 is 0 Å². The van der Waals surface area contributed by atoms with Gasteiger partial charge in [0.25, 0.3) is 0 Å². The molecule has 0 radical (unpaired) electrons. The predicted octanol–water partition coefficient (Wildman–Crippen LogP) is 2.16. The Morgan fingerprint density at radius 2 is 2.00 bits per heavy atom. The van der Waals surface area contributed by atoms with Gasteiger partial charge in [0.2, 0.25) is 5.91 Å². The molecule has 0 unspecified atom stereocenters. The van der Waals surface area contributed by atoms with Crippen LogP contribution >= 0.6 is 0 Å². The zero-order valence-corrected chi connectivity index (χ0v) is 13.6. The highest BCUT2D eigenvalue weighted by Gasteiger charge is 2.45. The number of carbonyl (C=O) groups excluding carboxylic acids is 1. The topological polar surface area (TPSA) is 69.6 Å². The number of carbonyl (C=O) groups is 2. The van der Waals surface area contributed by atoms with Crippen molar-refractivity contribution in [3.05, 3.63) is 35.6 Å². The Kier molecular flexibility index (Phi) is 5.14. The molecule has 2 N–H and O–H groups in total. The summed E-state index contributed by atoms with van der Waals surface area (Å²) in [6.07, 6.45) is 4.85. The number of aliphatic carboxylic acids is 1. The fraction of sp³-hybridized carbons (Fsp3) is 0.556. The number of hydrogen-bond acceptors (Lipinski definition) is 3. The number of likely N-dealkylation sites (tertiary alicyclic amines) is 1. The van der Waals surface area contributed by atoms with Gasteiger partial charge in [0.15, 0.2) is 0 Å². The van der Waals surface area contributed by atoms with E-state index < -0.39 is 12.0 Å². The number of hydrogen-bond donors (Lipinski definition) is 2. The van der Waals surface area contributed by atoms with Gasteiger partial charge in [-0.3, -0.25) is 14.5 Å². The van der Waals surface area contributed by atoms with Gasteiger partial charge in [-0.25, -0.2) is 4.39 Å². The first-order valence-corrected chi connectivity index (χ1v) is 8.55. The quantitative estimate of drug-likeness (QED) is 0.866. The first-order valence-electron chi connectivity index (χ1n) is 8.55. The monoisotopic (exact) mass is 334 g/mol. The molecule has 5 nitrogen and oxygen atoms in total. The van der Waals surface area contributed by atoms with Crippen molar-refractivity contribution in [2.24, 2.45) is 5.92 Å². The molecule has 1 saturated carbocycles. The Balaban J connectivity index is 1.61. The lowest BCUT2D eigenvalue weighted by Crippen LogP contribution is -2.47. The normalized spacial score (nSPS) is 26.8. The summed E-state index contributed by atoms with van der Waals surface area (Å²) in [5.74, 6) is -1.09. The van der Waals surface area contributed by atoms with Crippen LogP contribution in [0.2, 0.25) is 0 Å². The van der Waals surface area contributed by atoms with Crippen LogP contribution < -0.4 is 5.32 Å². The van der Waals surface area contributed by atoms with Crippen molar-refractivity contribution in [2.45, 2.75) is 50.7 Å². The molecule has 3 rings (SSSR count). The third-order valence-corrected chi connectivity index (χ3v) is 5.27. The minimum absolute atomic E-state index is 0.0621. The number of carboxylic acids is 1. The Morgan fingerprint density at radius 3 is 2.75 bits per heavy atom. The van der Waals surface area contributed by atoms with Gasteiger partial charge >= 0.3 is 5.97 Å². The highest BCUT2D eigenvalue weighted by molar-refractivity contribution is 5.80. The minimum Gasteiger partial charge on any atom is -0.480 e. The van der Waals surface area contributed by atoms with E-state index in [1.165, 1.54) is 6.07 Å². The second kappa shape index (κ2) is 7.30. The summed E-state index contributed by atoms with van der Waals surface area (Å²) >= 11 is 0. The van der Waals surface area contributed by atoms with Crippen molar-refractivity contribution in [2.75, 3.05) is 6.54 Å². The van der Waals surface area contributed by atoms with Gasteiger partial charge in [0.1, 0.15) is 11.9 Å². The van der Waals surface area contributed by atoms with Gasteiger partial charge in [-0.1, -0.05) is 31.0 Å². The molecule has 1 saturated heterocycles. The van der Waals surface area contributed by atoms with E-state index in [2.05, 4.69) is 5.32 Å². The predicted molar refractivity (Wildman–Crippen MR) is 86.7 cm³/mol. The number of benzene rings is 1. The summed E-state index contributed by atoms with van der Waals surface area (Å²) < 4.78 is 13.6. The second-order valence-corrected chi connectivity index (χ2v) is 6.74. The summed E-state index contributed by atoms with van der Waals surface area (Å²) in [5.41, 5.74) is 0.428. The summed E-state index contributed by atoms with van der Waals surface area (Å²) in [5, 5.41) is 12.2. The third-order valence-electron chi connectivity index (χ3n) is 5.27. The van der Waals surface area contributed by atoms with Crippen LogP contribution in [0, 0.1) is 11.7 Å². The molecule has 1 aliphatic carbocycles. The molecule has 0 bridgehead atoms. The number of nitrogens with zero attached hydrogens (tertiary/aromatic N) is 1. The van der Waals surface area contributed by atoms with Crippen LogP contribution in [0.4, 0.5) is 4.39 Å². The van der Waals surface area contributed by atoms with Crippen molar-refractivity contribution in [3.8, 4) is 0 Å². The van der Waals surface area contributed by atoms with Crippen LogP contribution in [0.3, 0.4) is 0 Å². The molecule has 6 heteroatoms. The lowest BCUT2D eigenvalue weighted by molar-refractivity contribution is -0.143. The fourth-order valence-electron chi connectivity index (χ4n) is 4.08. The summed E-state index contributed by atoms with van der Waals surface area (Å²) in [4.78, 5) is 25.6. The van der Waals surface area contributed by atoms with Crippen LogP contribution in [0.25, 0.3) is 0 Å². The second-order valence-electron chi connectivity index (χ2n) is 6.74. The molecule has 3 atom stereocenters. The van der Waals surface area contributed by atoms with Crippen LogP contribution in [0.1, 0.15) is 37.7 Å². The lowest BCUT2D eigenvalue weighted by Gasteiger charge is -2.32. The molecular formula is C18H23FN2O3. The number of carboxylic acid groups (broad SMARTS) is 1.